The van der Waals surface area contributed by atoms with Gasteiger partial charge in [-0.1, -0.05) is 13.0 Å². The average Bonchev–Trinajstić information content (AvgIpc) is 2.28. The summed E-state index contributed by atoms with van der Waals surface area (Å²) in [6.45, 7) is 5.33. The van der Waals surface area contributed by atoms with Crippen molar-refractivity contribution in [3.63, 3.8) is 0 Å². The Labute approximate surface area is 107 Å². The molecule has 0 amide bonds. The first kappa shape index (κ1) is 14.7. The summed E-state index contributed by atoms with van der Waals surface area (Å²) in [5.41, 5.74) is -0.645. The second-order valence-electron chi connectivity index (χ2n) is 4.58. The molecule has 18 heavy (non-hydrogen) atoms. The van der Waals surface area contributed by atoms with Crippen molar-refractivity contribution in [1.82, 2.24) is 0 Å². The summed E-state index contributed by atoms with van der Waals surface area (Å²) < 4.78 is 35.9. The number of benzene rings is 1. The van der Waals surface area contributed by atoms with Crippen molar-refractivity contribution in [2.24, 2.45) is 5.41 Å². The molecule has 1 rings (SSSR count). The summed E-state index contributed by atoms with van der Waals surface area (Å²) in [6.07, 6.45) is 0.601. The van der Waals surface area contributed by atoms with Crippen molar-refractivity contribution in [3.05, 3.63) is 24.3 Å². The molecule has 0 fully saturated rings. The van der Waals surface area contributed by atoms with E-state index < -0.39 is 21.5 Å². The smallest absolute Gasteiger partial charge is 0.316 e. The molecule has 1 N–H and O–H groups in total. The fourth-order valence-electron chi connectivity index (χ4n) is 1.09. The standard InChI is InChI=1S/C12H16O5S/c1-4-12(2,3)11(13)17-9-6-5-7-10(8-9)18(14,15)16/h5-8H,4H2,1-3H3,(H,14,15,16). The van der Waals surface area contributed by atoms with Crippen LogP contribution in [0.3, 0.4) is 0 Å². The SMILES string of the molecule is CCC(C)(C)C(=O)Oc1cccc(S(=O)(=O)O)c1. The van der Waals surface area contributed by atoms with Gasteiger partial charge >= 0.3 is 5.97 Å². The second kappa shape index (κ2) is 5.07. The van der Waals surface area contributed by atoms with Crippen LogP contribution >= 0.6 is 0 Å². The number of rotatable bonds is 4. The molecule has 0 bridgehead atoms. The number of ether oxygens (including phenoxy) is 1. The zero-order chi connectivity index (χ0) is 14.0. The monoisotopic (exact) mass is 272 g/mol. The molecule has 1 aromatic rings. The molecule has 0 aromatic heterocycles. The second-order valence-corrected chi connectivity index (χ2v) is 6.00. The Hall–Kier alpha value is -1.40. The van der Waals surface area contributed by atoms with E-state index in [1.54, 1.807) is 13.8 Å². The summed E-state index contributed by atoms with van der Waals surface area (Å²) in [6, 6.07) is 5.18. The Morgan fingerprint density at radius 1 is 1.39 bits per heavy atom. The first-order valence-corrected chi connectivity index (χ1v) is 6.90. The lowest BCUT2D eigenvalue weighted by molar-refractivity contribution is -0.144. The predicted molar refractivity (Wildman–Crippen MR) is 66.0 cm³/mol. The molecule has 0 aliphatic carbocycles. The molecule has 5 nitrogen and oxygen atoms in total. The summed E-state index contributed by atoms with van der Waals surface area (Å²) in [5.74, 6) is -0.353. The molecule has 1 aromatic carbocycles. The van der Waals surface area contributed by atoms with Crippen LogP contribution in [0.25, 0.3) is 0 Å². The molecule has 0 heterocycles. The molecule has 100 valence electrons. The van der Waals surface area contributed by atoms with Crippen LogP contribution in [-0.2, 0) is 14.9 Å². The van der Waals surface area contributed by atoms with Crippen molar-refractivity contribution in [1.29, 1.82) is 0 Å². The van der Waals surface area contributed by atoms with Crippen molar-refractivity contribution in [2.45, 2.75) is 32.1 Å². The van der Waals surface area contributed by atoms with E-state index in [-0.39, 0.29) is 10.6 Å². The lowest BCUT2D eigenvalue weighted by Gasteiger charge is -2.20. The van der Waals surface area contributed by atoms with Gasteiger partial charge in [-0.25, -0.2) is 0 Å². The minimum Gasteiger partial charge on any atom is -0.426 e. The largest absolute Gasteiger partial charge is 0.426 e. The van der Waals surface area contributed by atoms with Gasteiger partial charge in [-0.3, -0.25) is 9.35 Å². The minimum absolute atomic E-state index is 0.0941. The third-order valence-electron chi connectivity index (χ3n) is 2.75. The van der Waals surface area contributed by atoms with Gasteiger partial charge in [0.2, 0.25) is 0 Å². The Morgan fingerprint density at radius 2 is 2.00 bits per heavy atom. The number of esters is 1. The third-order valence-corrected chi connectivity index (χ3v) is 3.60. The topological polar surface area (TPSA) is 80.7 Å². The zero-order valence-electron chi connectivity index (χ0n) is 10.5. The van der Waals surface area contributed by atoms with Gasteiger partial charge in [-0.15, -0.1) is 0 Å². The van der Waals surface area contributed by atoms with Gasteiger partial charge < -0.3 is 4.74 Å². The normalized spacial score (nSPS) is 12.2. The van der Waals surface area contributed by atoms with Gasteiger partial charge in [0.05, 0.1) is 10.3 Å². The number of carbonyl (C=O) groups excluding carboxylic acids is 1. The van der Waals surface area contributed by atoms with E-state index in [0.717, 1.165) is 6.07 Å². The van der Waals surface area contributed by atoms with Gasteiger partial charge in [-0.2, -0.15) is 8.42 Å². The van der Waals surface area contributed by atoms with Crippen LogP contribution < -0.4 is 4.74 Å². The zero-order valence-corrected chi connectivity index (χ0v) is 11.3. The van der Waals surface area contributed by atoms with E-state index in [4.69, 9.17) is 9.29 Å². The van der Waals surface area contributed by atoms with E-state index in [2.05, 4.69) is 0 Å². The van der Waals surface area contributed by atoms with Crippen LogP contribution in [0.4, 0.5) is 0 Å². The van der Waals surface area contributed by atoms with Gasteiger partial charge in [0, 0.05) is 6.07 Å². The Morgan fingerprint density at radius 3 is 2.50 bits per heavy atom. The molecule has 0 aliphatic heterocycles. The average molecular weight is 272 g/mol. The molecular formula is C12H16O5S. The quantitative estimate of drug-likeness (QED) is 0.516. The highest BCUT2D eigenvalue weighted by Gasteiger charge is 2.27. The maximum atomic E-state index is 11.8. The van der Waals surface area contributed by atoms with Crippen LogP contribution in [0.5, 0.6) is 5.75 Å². The lowest BCUT2D eigenvalue weighted by atomic mass is 9.91. The maximum absolute atomic E-state index is 11.8. The molecule has 0 saturated heterocycles. The molecule has 0 atom stereocenters. The molecule has 0 spiro atoms. The summed E-state index contributed by atoms with van der Waals surface area (Å²) in [7, 11) is -4.29. The molecule has 0 radical (unpaired) electrons. The van der Waals surface area contributed by atoms with Gasteiger partial charge in [0.1, 0.15) is 5.75 Å². The lowest BCUT2D eigenvalue weighted by Crippen LogP contribution is -2.28. The van der Waals surface area contributed by atoms with E-state index in [1.165, 1.54) is 18.2 Å². The van der Waals surface area contributed by atoms with Gasteiger partial charge in [0.25, 0.3) is 10.1 Å². The molecule has 6 heteroatoms. The summed E-state index contributed by atoms with van der Waals surface area (Å²) in [5, 5.41) is 0. The molecule has 0 aliphatic rings. The number of carbonyl (C=O) groups is 1. The Kier molecular flexibility index (Phi) is 4.13. The fourth-order valence-corrected chi connectivity index (χ4v) is 1.60. The minimum atomic E-state index is -4.29. The van der Waals surface area contributed by atoms with Crippen LogP contribution in [0.1, 0.15) is 27.2 Å². The van der Waals surface area contributed by atoms with E-state index in [1.807, 2.05) is 6.92 Å². The summed E-state index contributed by atoms with van der Waals surface area (Å²) >= 11 is 0. The van der Waals surface area contributed by atoms with Crippen LogP contribution in [0.2, 0.25) is 0 Å². The highest BCUT2D eigenvalue weighted by atomic mass is 32.2. The predicted octanol–water partition coefficient (Wildman–Crippen LogP) is 2.27. The third kappa shape index (κ3) is 3.54. The van der Waals surface area contributed by atoms with Crippen LogP contribution in [0, 0.1) is 5.41 Å². The van der Waals surface area contributed by atoms with Crippen molar-refractivity contribution >= 4 is 16.1 Å². The molecular weight excluding hydrogens is 256 g/mol. The van der Waals surface area contributed by atoms with Crippen LogP contribution in [-0.4, -0.2) is 18.9 Å². The van der Waals surface area contributed by atoms with E-state index in [0.29, 0.717) is 6.42 Å². The molecule has 0 saturated carbocycles. The van der Waals surface area contributed by atoms with Gasteiger partial charge in [-0.05, 0) is 32.4 Å². The Balaban J connectivity index is 2.97. The van der Waals surface area contributed by atoms with Gasteiger partial charge in [0.15, 0.2) is 0 Å². The highest BCUT2D eigenvalue weighted by Crippen LogP contribution is 2.24. The Bertz CT molecular complexity index is 545. The summed E-state index contributed by atoms with van der Waals surface area (Å²) in [4.78, 5) is 11.5. The first-order chi connectivity index (χ1) is 8.16. The number of hydrogen-bond donors (Lipinski definition) is 1. The van der Waals surface area contributed by atoms with Crippen molar-refractivity contribution < 1.29 is 22.5 Å². The fraction of sp³-hybridized carbons (Fsp3) is 0.417. The van der Waals surface area contributed by atoms with E-state index in [9.17, 15) is 13.2 Å². The number of hydrogen-bond acceptors (Lipinski definition) is 4. The first-order valence-electron chi connectivity index (χ1n) is 5.46. The van der Waals surface area contributed by atoms with E-state index >= 15 is 0 Å². The highest BCUT2D eigenvalue weighted by molar-refractivity contribution is 7.85. The van der Waals surface area contributed by atoms with Crippen molar-refractivity contribution in [3.8, 4) is 5.75 Å². The maximum Gasteiger partial charge on any atom is 0.316 e. The van der Waals surface area contributed by atoms with Crippen LogP contribution in [0.15, 0.2) is 29.2 Å². The molecule has 0 unspecified atom stereocenters. The van der Waals surface area contributed by atoms with Crippen molar-refractivity contribution in [2.75, 3.05) is 0 Å².